The predicted octanol–water partition coefficient (Wildman–Crippen LogP) is 4.14. The van der Waals surface area contributed by atoms with Gasteiger partial charge in [-0.2, -0.15) is 0 Å². The van der Waals surface area contributed by atoms with Gasteiger partial charge >= 0.3 is 0 Å². The summed E-state index contributed by atoms with van der Waals surface area (Å²) in [5.41, 5.74) is 1.01. The number of amides is 1. The SMILES string of the molecule is Cc1nnc(NC(=O)C2CC=CCC2c2nc3ccccc3s2)s1. The fourth-order valence-electron chi connectivity index (χ4n) is 2.97. The van der Waals surface area contributed by atoms with E-state index in [-0.39, 0.29) is 17.7 Å². The van der Waals surface area contributed by atoms with Gasteiger partial charge in [0.15, 0.2) is 0 Å². The van der Waals surface area contributed by atoms with Crippen molar-refractivity contribution in [2.45, 2.75) is 25.7 Å². The lowest BCUT2D eigenvalue weighted by atomic mass is 9.83. The maximum Gasteiger partial charge on any atom is 0.230 e. The van der Waals surface area contributed by atoms with Crippen LogP contribution < -0.4 is 5.32 Å². The molecule has 2 aromatic heterocycles. The van der Waals surface area contributed by atoms with Crippen molar-refractivity contribution in [2.75, 3.05) is 5.32 Å². The standard InChI is InChI=1S/C17H16N4OS2/c1-10-20-21-17(23-10)19-15(22)11-6-2-3-7-12(11)16-18-13-8-4-5-9-14(13)24-16/h2-5,8-9,11-12H,6-7H2,1H3,(H,19,21,22). The van der Waals surface area contributed by atoms with E-state index in [9.17, 15) is 4.79 Å². The van der Waals surface area contributed by atoms with Crippen LogP contribution in [0.15, 0.2) is 36.4 Å². The van der Waals surface area contributed by atoms with E-state index in [1.807, 2.05) is 25.1 Å². The molecule has 0 saturated carbocycles. The van der Waals surface area contributed by atoms with Crippen LogP contribution in [0.2, 0.25) is 0 Å². The lowest BCUT2D eigenvalue weighted by Gasteiger charge is -2.25. The Morgan fingerprint density at radius 3 is 2.79 bits per heavy atom. The molecule has 0 aliphatic heterocycles. The first kappa shape index (κ1) is 15.4. The van der Waals surface area contributed by atoms with E-state index >= 15 is 0 Å². The first-order valence-corrected chi connectivity index (χ1v) is 9.45. The molecule has 2 heterocycles. The minimum Gasteiger partial charge on any atom is -0.300 e. The number of thiazole rings is 1. The fraction of sp³-hybridized carbons (Fsp3) is 0.294. The van der Waals surface area contributed by atoms with Crippen LogP contribution >= 0.6 is 22.7 Å². The van der Waals surface area contributed by atoms with Crippen LogP contribution in [0.4, 0.5) is 5.13 Å². The van der Waals surface area contributed by atoms with Crippen molar-refractivity contribution in [2.24, 2.45) is 5.92 Å². The average Bonchev–Trinajstić information content (AvgIpc) is 3.20. The van der Waals surface area contributed by atoms with Gasteiger partial charge in [-0.15, -0.1) is 21.5 Å². The Morgan fingerprint density at radius 2 is 2.00 bits per heavy atom. The highest BCUT2D eigenvalue weighted by atomic mass is 32.1. The highest BCUT2D eigenvalue weighted by Crippen LogP contribution is 2.39. The number of hydrogen-bond donors (Lipinski definition) is 1. The van der Waals surface area contributed by atoms with Gasteiger partial charge in [-0.05, 0) is 31.9 Å². The number of benzene rings is 1. The molecule has 1 aliphatic rings. The molecule has 122 valence electrons. The zero-order valence-electron chi connectivity index (χ0n) is 13.1. The lowest BCUT2D eigenvalue weighted by Crippen LogP contribution is -2.29. The number of fused-ring (bicyclic) bond motifs is 1. The third-order valence-corrected chi connectivity index (χ3v) is 6.08. The summed E-state index contributed by atoms with van der Waals surface area (Å²) in [6.07, 6.45) is 5.80. The van der Waals surface area contributed by atoms with E-state index < -0.39 is 0 Å². The number of para-hydroxylation sites is 1. The van der Waals surface area contributed by atoms with Crippen LogP contribution in [-0.4, -0.2) is 21.1 Å². The summed E-state index contributed by atoms with van der Waals surface area (Å²) in [6.45, 7) is 1.88. The first-order valence-electron chi connectivity index (χ1n) is 7.82. The summed E-state index contributed by atoms with van der Waals surface area (Å²) >= 11 is 3.08. The topological polar surface area (TPSA) is 67.8 Å². The zero-order chi connectivity index (χ0) is 16.5. The monoisotopic (exact) mass is 356 g/mol. The zero-order valence-corrected chi connectivity index (χ0v) is 14.7. The number of aryl methyl sites for hydroxylation is 1. The molecule has 0 spiro atoms. The molecule has 5 nitrogen and oxygen atoms in total. The number of nitrogens with zero attached hydrogens (tertiary/aromatic N) is 3. The molecule has 1 aliphatic carbocycles. The van der Waals surface area contributed by atoms with E-state index in [1.54, 1.807) is 11.3 Å². The quantitative estimate of drug-likeness (QED) is 0.716. The van der Waals surface area contributed by atoms with Gasteiger partial charge in [0, 0.05) is 5.92 Å². The molecule has 7 heteroatoms. The second-order valence-corrected chi connectivity index (χ2v) is 8.03. The smallest absolute Gasteiger partial charge is 0.230 e. The third kappa shape index (κ3) is 2.97. The number of nitrogens with one attached hydrogen (secondary N) is 1. The molecule has 0 saturated heterocycles. The number of anilines is 1. The van der Waals surface area contributed by atoms with Crippen molar-refractivity contribution in [3.05, 3.63) is 46.4 Å². The van der Waals surface area contributed by atoms with E-state index in [0.29, 0.717) is 5.13 Å². The van der Waals surface area contributed by atoms with Gasteiger partial charge in [-0.3, -0.25) is 4.79 Å². The van der Waals surface area contributed by atoms with Gasteiger partial charge in [0.25, 0.3) is 0 Å². The third-order valence-electron chi connectivity index (χ3n) is 4.15. The molecule has 2 unspecified atom stereocenters. The number of rotatable bonds is 3. The molecule has 4 rings (SSSR count). The van der Waals surface area contributed by atoms with E-state index in [4.69, 9.17) is 4.98 Å². The van der Waals surface area contributed by atoms with Gasteiger partial charge in [0.1, 0.15) is 5.01 Å². The molecular formula is C17H16N4OS2. The molecule has 3 aromatic rings. The minimum atomic E-state index is -0.125. The molecule has 24 heavy (non-hydrogen) atoms. The van der Waals surface area contributed by atoms with Crippen molar-refractivity contribution in [1.29, 1.82) is 0 Å². The van der Waals surface area contributed by atoms with Crippen LogP contribution in [0.1, 0.15) is 28.8 Å². The van der Waals surface area contributed by atoms with Crippen molar-refractivity contribution in [3.8, 4) is 0 Å². The Labute approximate surface area is 147 Å². The van der Waals surface area contributed by atoms with Crippen molar-refractivity contribution in [3.63, 3.8) is 0 Å². The van der Waals surface area contributed by atoms with Crippen LogP contribution in [0, 0.1) is 12.8 Å². The molecule has 1 amide bonds. The normalized spacial score (nSPS) is 20.4. The predicted molar refractivity (Wildman–Crippen MR) is 97.5 cm³/mol. The molecular weight excluding hydrogens is 340 g/mol. The summed E-state index contributed by atoms with van der Waals surface area (Å²) in [5, 5.41) is 13.3. The number of carbonyl (C=O) groups excluding carboxylic acids is 1. The molecule has 0 fully saturated rings. The Balaban J connectivity index is 1.60. The van der Waals surface area contributed by atoms with Gasteiger partial charge in [-0.1, -0.05) is 35.6 Å². The molecule has 0 bridgehead atoms. The first-order chi connectivity index (χ1) is 11.7. The summed E-state index contributed by atoms with van der Waals surface area (Å²) in [6, 6.07) is 8.11. The number of aromatic nitrogens is 3. The van der Waals surface area contributed by atoms with Gasteiger partial charge in [0.05, 0.1) is 21.1 Å². The summed E-state index contributed by atoms with van der Waals surface area (Å²) in [7, 11) is 0. The fourth-order valence-corrected chi connectivity index (χ4v) is 4.71. The highest BCUT2D eigenvalue weighted by Gasteiger charge is 2.32. The Hall–Kier alpha value is -2.12. The van der Waals surface area contributed by atoms with Crippen LogP contribution in [-0.2, 0) is 4.79 Å². The van der Waals surface area contributed by atoms with Crippen LogP contribution in [0.3, 0.4) is 0 Å². The van der Waals surface area contributed by atoms with Crippen LogP contribution in [0.5, 0.6) is 0 Å². The maximum atomic E-state index is 12.7. The van der Waals surface area contributed by atoms with Crippen LogP contribution in [0.25, 0.3) is 10.2 Å². The Bertz CT molecular complexity index is 881. The van der Waals surface area contributed by atoms with E-state index in [1.165, 1.54) is 16.0 Å². The Kier molecular flexibility index (Phi) is 4.12. The van der Waals surface area contributed by atoms with Gasteiger partial charge in [-0.25, -0.2) is 4.98 Å². The molecule has 1 aromatic carbocycles. The summed E-state index contributed by atoms with van der Waals surface area (Å²) < 4.78 is 1.17. The van der Waals surface area contributed by atoms with Crippen molar-refractivity contribution in [1.82, 2.24) is 15.2 Å². The second-order valence-electron chi connectivity index (χ2n) is 5.79. The second kappa shape index (κ2) is 6.41. The lowest BCUT2D eigenvalue weighted by molar-refractivity contribution is -0.120. The summed E-state index contributed by atoms with van der Waals surface area (Å²) in [5.74, 6) is -0.0130. The minimum absolute atomic E-state index is 0.000226. The van der Waals surface area contributed by atoms with E-state index in [0.717, 1.165) is 28.4 Å². The van der Waals surface area contributed by atoms with Crippen molar-refractivity contribution >= 4 is 43.9 Å². The number of allylic oxidation sites excluding steroid dienone is 2. The molecule has 2 atom stereocenters. The average molecular weight is 356 g/mol. The Morgan fingerprint density at radius 1 is 1.17 bits per heavy atom. The molecule has 1 N–H and O–H groups in total. The largest absolute Gasteiger partial charge is 0.300 e. The van der Waals surface area contributed by atoms with E-state index in [2.05, 4.69) is 33.7 Å². The molecule has 0 radical (unpaired) electrons. The number of carbonyl (C=O) groups is 1. The summed E-state index contributed by atoms with van der Waals surface area (Å²) in [4.78, 5) is 17.5. The highest BCUT2D eigenvalue weighted by molar-refractivity contribution is 7.18. The van der Waals surface area contributed by atoms with Gasteiger partial charge in [0.2, 0.25) is 11.0 Å². The van der Waals surface area contributed by atoms with Crippen molar-refractivity contribution < 1.29 is 4.79 Å². The van der Waals surface area contributed by atoms with Gasteiger partial charge < -0.3 is 5.32 Å². The maximum absolute atomic E-state index is 12.7. The number of hydrogen-bond acceptors (Lipinski definition) is 6.